The van der Waals surface area contributed by atoms with Gasteiger partial charge in [0, 0.05) is 20.0 Å². The smallest absolute Gasteiger partial charge is 0.303 e. The van der Waals surface area contributed by atoms with E-state index in [9.17, 15) is 9.59 Å². The topological polar surface area (TPSA) is 66.8 Å². The zero-order chi connectivity index (χ0) is 14.5. The van der Waals surface area contributed by atoms with E-state index in [1.165, 1.54) is 0 Å². The molecule has 0 saturated heterocycles. The number of aliphatic carboxylic acids is 1. The maximum Gasteiger partial charge on any atom is 0.303 e. The molecule has 5 heteroatoms. The second kappa shape index (κ2) is 6.41. The first-order chi connectivity index (χ1) is 9.58. The Labute approximate surface area is 118 Å². The molecule has 20 heavy (non-hydrogen) atoms. The Morgan fingerprint density at radius 3 is 2.90 bits per heavy atom. The molecular weight excluding hydrogens is 258 g/mol. The van der Waals surface area contributed by atoms with Crippen LogP contribution in [-0.2, 0) is 16.0 Å². The number of carboxylic acid groups (broad SMARTS) is 1. The fourth-order valence-corrected chi connectivity index (χ4v) is 2.38. The van der Waals surface area contributed by atoms with Gasteiger partial charge in [-0.25, -0.2) is 0 Å². The first kappa shape index (κ1) is 14.4. The molecule has 1 amide bonds. The first-order valence-electron chi connectivity index (χ1n) is 6.75. The van der Waals surface area contributed by atoms with Crippen molar-refractivity contribution in [1.29, 1.82) is 0 Å². The Hall–Kier alpha value is -2.04. The van der Waals surface area contributed by atoms with Gasteiger partial charge in [-0.05, 0) is 24.5 Å². The molecule has 0 fully saturated rings. The molecular formula is C15H19NO4. The fourth-order valence-electron chi connectivity index (χ4n) is 2.38. The Kier molecular flexibility index (Phi) is 4.61. The van der Waals surface area contributed by atoms with E-state index in [1.54, 1.807) is 11.9 Å². The van der Waals surface area contributed by atoms with Gasteiger partial charge in [0.1, 0.15) is 12.4 Å². The van der Waals surface area contributed by atoms with Gasteiger partial charge in [-0.15, -0.1) is 0 Å². The summed E-state index contributed by atoms with van der Waals surface area (Å²) in [7, 11) is 1.71. The monoisotopic (exact) mass is 277 g/mol. The van der Waals surface area contributed by atoms with Gasteiger partial charge in [-0.1, -0.05) is 18.2 Å². The number of amides is 1. The summed E-state index contributed by atoms with van der Waals surface area (Å²) in [5.41, 5.74) is 1.05. The highest BCUT2D eigenvalue weighted by Crippen LogP contribution is 2.27. The van der Waals surface area contributed by atoms with Crippen molar-refractivity contribution in [2.75, 3.05) is 20.2 Å². The van der Waals surface area contributed by atoms with Gasteiger partial charge in [-0.2, -0.15) is 0 Å². The van der Waals surface area contributed by atoms with Gasteiger partial charge in [0.2, 0.25) is 5.91 Å². The number of carbonyl (C=O) groups excluding carboxylic acids is 1. The van der Waals surface area contributed by atoms with Gasteiger partial charge in [-0.3, -0.25) is 9.59 Å². The highest BCUT2D eigenvalue weighted by Gasteiger charge is 2.27. The molecule has 1 atom stereocenters. The highest BCUT2D eigenvalue weighted by molar-refractivity contribution is 5.79. The highest BCUT2D eigenvalue weighted by atomic mass is 16.5. The first-order valence-corrected chi connectivity index (χ1v) is 6.75. The SMILES string of the molecule is CN(CCCC(=O)O)C(=O)[C@H]1COc2ccccc2C1. The Morgan fingerprint density at radius 2 is 2.15 bits per heavy atom. The number of hydrogen-bond donors (Lipinski definition) is 1. The number of carbonyl (C=O) groups is 2. The minimum absolute atomic E-state index is 0.0184. The third kappa shape index (κ3) is 3.50. The number of para-hydroxylation sites is 1. The third-order valence-electron chi connectivity index (χ3n) is 3.49. The van der Waals surface area contributed by atoms with Crippen LogP contribution in [0.25, 0.3) is 0 Å². The molecule has 0 aromatic heterocycles. The number of carboxylic acids is 1. The van der Waals surface area contributed by atoms with E-state index in [1.807, 2.05) is 24.3 Å². The van der Waals surface area contributed by atoms with Crippen molar-refractivity contribution in [3.8, 4) is 5.75 Å². The zero-order valence-electron chi connectivity index (χ0n) is 11.5. The number of ether oxygens (including phenoxy) is 1. The molecule has 0 bridgehead atoms. The summed E-state index contributed by atoms with van der Waals surface area (Å²) < 4.78 is 5.61. The lowest BCUT2D eigenvalue weighted by Crippen LogP contribution is -2.39. The summed E-state index contributed by atoms with van der Waals surface area (Å²) in [4.78, 5) is 24.4. The van der Waals surface area contributed by atoms with Crippen LogP contribution < -0.4 is 4.74 Å². The van der Waals surface area contributed by atoms with Gasteiger partial charge in [0.25, 0.3) is 0 Å². The van der Waals surface area contributed by atoms with Crippen LogP contribution in [0.3, 0.4) is 0 Å². The van der Waals surface area contributed by atoms with E-state index in [0.717, 1.165) is 11.3 Å². The summed E-state index contributed by atoms with van der Waals surface area (Å²) in [6.07, 6.45) is 1.24. The molecule has 5 nitrogen and oxygen atoms in total. The van der Waals surface area contributed by atoms with Gasteiger partial charge in [0.05, 0.1) is 5.92 Å². The fraction of sp³-hybridized carbons (Fsp3) is 0.467. The quantitative estimate of drug-likeness (QED) is 0.887. The number of nitrogens with zero attached hydrogens (tertiary/aromatic N) is 1. The molecule has 1 aliphatic rings. The molecule has 108 valence electrons. The molecule has 1 aromatic rings. The second-order valence-corrected chi connectivity index (χ2v) is 5.08. The number of rotatable bonds is 5. The lowest BCUT2D eigenvalue weighted by Gasteiger charge is -2.28. The summed E-state index contributed by atoms with van der Waals surface area (Å²) in [5, 5.41) is 8.60. The summed E-state index contributed by atoms with van der Waals surface area (Å²) in [6, 6.07) is 7.73. The van der Waals surface area contributed by atoms with E-state index < -0.39 is 5.97 Å². The molecule has 1 heterocycles. The molecule has 0 aliphatic carbocycles. The van der Waals surface area contributed by atoms with E-state index in [2.05, 4.69) is 0 Å². The average Bonchev–Trinajstić information content (AvgIpc) is 2.45. The van der Waals surface area contributed by atoms with Crippen molar-refractivity contribution < 1.29 is 19.4 Å². The van der Waals surface area contributed by atoms with Crippen LogP contribution in [0.5, 0.6) is 5.75 Å². The number of fused-ring (bicyclic) bond motifs is 1. The van der Waals surface area contributed by atoms with Gasteiger partial charge >= 0.3 is 5.97 Å². The second-order valence-electron chi connectivity index (χ2n) is 5.08. The van der Waals surface area contributed by atoms with Crippen LogP contribution in [0, 0.1) is 5.92 Å². The average molecular weight is 277 g/mol. The predicted octanol–water partition coefficient (Wildman–Crippen LogP) is 1.56. The Bertz CT molecular complexity index is 500. The Balaban J connectivity index is 1.89. The van der Waals surface area contributed by atoms with Crippen LogP contribution in [0.15, 0.2) is 24.3 Å². The van der Waals surface area contributed by atoms with E-state index in [-0.39, 0.29) is 18.2 Å². The predicted molar refractivity (Wildman–Crippen MR) is 73.6 cm³/mol. The van der Waals surface area contributed by atoms with Crippen molar-refractivity contribution in [1.82, 2.24) is 4.90 Å². The van der Waals surface area contributed by atoms with E-state index >= 15 is 0 Å². The number of hydrogen-bond acceptors (Lipinski definition) is 3. The standard InChI is InChI=1S/C15H19NO4/c1-16(8-4-7-14(17)18)15(19)12-9-11-5-2-3-6-13(11)20-10-12/h2-3,5-6,12H,4,7-10H2,1H3,(H,17,18)/t12-/m1/s1. The van der Waals surface area contributed by atoms with Crippen LogP contribution in [0.2, 0.25) is 0 Å². The van der Waals surface area contributed by atoms with E-state index in [0.29, 0.717) is 26.0 Å². The molecule has 2 rings (SSSR count). The van der Waals surface area contributed by atoms with Gasteiger partial charge < -0.3 is 14.7 Å². The molecule has 0 radical (unpaired) electrons. The summed E-state index contributed by atoms with van der Waals surface area (Å²) >= 11 is 0. The van der Waals surface area contributed by atoms with Crippen LogP contribution in [0.4, 0.5) is 0 Å². The number of benzene rings is 1. The third-order valence-corrected chi connectivity index (χ3v) is 3.49. The normalized spacial score (nSPS) is 16.9. The minimum Gasteiger partial charge on any atom is -0.492 e. The summed E-state index contributed by atoms with van der Waals surface area (Å²) in [6.45, 7) is 0.850. The zero-order valence-corrected chi connectivity index (χ0v) is 11.5. The maximum atomic E-state index is 12.3. The van der Waals surface area contributed by atoms with Crippen LogP contribution >= 0.6 is 0 Å². The van der Waals surface area contributed by atoms with Crippen molar-refractivity contribution in [2.45, 2.75) is 19.3 Å². The van der Waals surface area contributed by atoms with Crippen molar-refractivity contribution in [3.05, 3.63) is 29.8 Å². The maximum absolute atomic E-state index is 12.3. The van der Waals surface area contributed by atoms with Crippen molar-refractivity contribution in [3.63, 3.8) is 0 Å². The van der Waals surface area contributed by atoms with E-state index in [4.69, 9.17) is 9.84 Å². The molecule has 1 aliphatic heterocycles. The molecule has 0 saturated carbocycles. The molecule has 1 N–H and O–H groups in total. The molecule has 0 spiro atoms. The lowest BCUT2D eigenvalue weighted by molar-refractivity contribution is -0.139. The van der Waals surface area contributed by atoms with Crippen molar-refractivity contribution >= 4 is 11.9 Å². The lowest BCUT2D eigenvalue weighted by atomic mass is 9.95. The van der Waals surface area contributed by atoms with Crippen LogP contribution in [-0.4, -0.2) is 42.1 Å². The molecule has 1 aromatic carbocycles. The minimum atomic E-state index is -0.833. The van der Waals surface area contributed by atoms with Crippen molar-refractivity contribution in [2.24, 2.45) is 5.92 Å². The molecule has 0 unspecified atom stereocenters. The Morgan fingerprint density at radius 1 is 1.40 bits per heavy atom. The van der Waals surface area contributed by atoms with Crippen LogP contribution in [0.1, 0.15) is 18.4 Å². The summed E-state index contributed by atoms with van der Waals surface area (Å²) in [5.74, 6) is -0.143. The van der Waals surface area contributed by atoms with Gasteiger partial charge in [0.15, 0.2) is 0 Å². The largest absolute Gasteiger partial charge is 0.492 e.